The fraction of sp³-hybridized carbons (Fsp3) is 1.00. The molecule has 1 saturated heterocycles. The van der Waals surface area contributed by atoms with Gasteiger partial charge in [-0.2, -0.15) is 0 Å². The van der Waals surface area contributed by atoms with Crippen LogP contribution in [0.25, 0.3) is 0 Å². The first-order valence-corrected chi connectivity index (χ1v) is 6.81. The Morgan fingerprint density at radius 2 is 2.06 bits per heavy atom. The first-order valence-electron chi connectivity index (χ1n) is 6.81. The lowest BCUT2D eigenvalue weighted by atomic mass is 10.0. The second-order valence-corrected chi connectivity index (χ2v) is 5.13. The summed E-state index contributed by atoms with van der Waals surface area (Å²) < 4.78 is 11.4. The van der Waals surface area contributed by atoms with E-state index in [1.807, 2.05) is 0 Å². The Morgan fingerprint density at radius 1 is 1.25 bits per heavy atom. The standard InChI is InChI=1S/C13H25NO2/c1-11-10-12(6-8-15-11)14-7-9-16-13-4-2-3-5-13/h11-14H,2-10H2,1H3. The Morgan fingerprint density at radius 3 is 2.81 bits per heavy atom. The van der Waals surface area contributed by atoms with E-state index in [4.69, 9.17) is 9.47 Å². The molecule has 2 rings (SSSR count). The average molecular weight is 227 g/mol. The van der Waals surface area contributed by atoms with Crippen molar-refractivity contribution in [2.75, 3.05) is 19.8 Å². The van der Waals surface area contributed by atoms with Crippen LogP contribution < -0.4 is 5.32 Å². The van der Waals surface area contributed by atoms with Crippen LogP contribution in [-0.2, 0) is 9.47 Å². The fourth-order valence-electron chi connectivity index (χ4n) is 2.73. The van der Waals surface area contributed by atoms with Crippen molar-refractivity contribution in [1.29, 1.82) is 0 Å². The van der Waals surface area contributed by atoms with Crippen LogP contribution in [0.2, 0.25) is 0 Å². The zero-order valence-corrected chi connectivity index (χ0v) is 10.4. The molecule has 1 heterocycles. The predicted molar refractivity (Wildman–Crippen MR) is 64.6 cm³/mol. The van der Waals surface area contributed by atoms with E-state index in [1.165, 1.54) is 25.7 Å². The van der Waals surface area contributed by atoms with Crippen molar-refractivity contribution in [2.45, 2.75) is 63.7 Å². The molecule has 2 aliphatic rings. The molecule has 0 aromatic carbocycles. The molecule has 2 atom stereocenters. The van der Waals surface area contributed by atoms with Crippen LogP contribution in [0.1, 0.15) is 45.4 Å². The summed E-state index contributed by atoms with van der Waals surface area (Å²) in [6, 6.07) is 0.635. The van der Waals surface area contributed by atoms with E-state index in [0.717, 1.165) is 32.6 Å². The Labute approximate surface area is 98.9 Å². The molecular weight excluding hydrogens is 202 g/mol. The molecule has 94 valence electrons. The van der Waals surface area contributed by atoms with Crippen molar-refractivity contribution in [3.8, 4) is 0 Å². The third-order valence-electron chi connectivity index (χ3n) is 3.68. The Balaban J connectivity index is 1.50. The van der Waals surface area contributed by atoms with Crippen LogP contribution in [0.4, 0.5) is 0 Å². The highest BCUT2D eigenvalue weighted by atomic mass is 16.5. The maximum atomic E-state index is 5.83. The third-order valence-corrected chi connectivity index (χ3v) is 3.68. The van der Waals surface area contributed by atoms with Crippen LogP contribution in [0.3, 0.4) is 0 Å². The first-order chi connectivity index (χ1) is 7.84. The molecule has 1 N–H and O–H groups in total. The molecule has 1 aliphatic carbocycles. The van der Waals surface area contributed by atoms with E-state index in [0.29, 0.717) is 18.2 Å². The molecule has 3 heteroatoms. The highest BCUT2D eigenvalue weighted by Gasteiger charge is 2.19. The van der Waals surface area contributed by atoms with Crippen LogP contribution in [0, 0.1) is 0 Å². The summed E-state index contributed by atoms with van der Waals surface area (Å²) in [7, 11) is 0. The normalized spacial score (nSPS) is 32.1. The smallest absolute Gasteiger partial charge is 0.0594 e. The maximum Gasteiger partial charge on any atom is 0.0594 e. The quantitative estimate of drug-likeness (QED) is 0.730. The Hall–Kier alpha value is -0.120. The van der Waals surface area contributed by atoms with E-state index < -0.39 is 0 Å². The number of rotatable bonds is 5. The Bertz CT molecular complexity index is 192. The minimum absolute atomic E-state index is 0.419. The average Bonchev–Trinajstić information content (AvgIpc) is 2.77. The fourth-order valence-corrected chi connectivity index (χ4v) is 2.73. The molecule has 16 heavy (non-hydrogen) atoms. The molecule has 0 bridgehead atoms. The van der Waals surface area contributed by atoms with Gasteiger partial charge in [0.15, 0.2) is 0 Å². The number of nitrogens with one attached hydrogen (secondary N) is 1. The van der Waals surface area contributed by atoms with E-state index in [9.17, 15) is 0 Å². The molecule has 1 aliphatic heterocycles. The van der Waals surface area contributed by atoms with Crippen molar-refractivity contribution >= 4 is 0 Å². The molecule has 3 nitrogen and oxygen atoms in total. The summed E-state index contributed by atoms with van der Waals surface area (Å²) in [5.41, 5.74) is 0. The van der Waals surface area contributed by atoms with E-state index in [2.05, 4.69) is 12.2 Å². The van der Waals surface area contributed by atoms with Crippen LogP contribution >= 0.6 is 0 Å². The van der Waals surface area contributed by atoms with Gasteiger partial charge in [-0.1, -0.05) is 12.8 Å². The van der Waals surface area contributed by atoms with Gasteiger partial charge in [0.25, 0.3) is 0 Å². The van der Waals surface area contributed by atoms with Crippen molar-refractivity contribution < 1.29 is 9.47 Å². The lowest BCUT2D eigenvalue weighted by molar-refractivity contribution is 0.00926. The molecule has 0 aromatic heterocycles. The molecule has 2 unspecified atom stereocenters. The molecule has 0 spiro atoms. The molecule has 2 fully saturated rings. The monoisotopic (exact) mass is 227 g/mol. The largest absolute Gasteiger partial charge is 0.378 e. The van der Waals surface area contributed by atoms with Gasteiger partial charge in [0.2, 0.25) is 0 Å². The van der Waals surface area contributed by atoms with Gasteiger partial charge in [-0.3, -0.25) is 0 Å². The van der Waals surface area contributed by atoms with Gasteiger partial charge in [-0.15, -0.1) is 0 Å². The summed E-state index contributed by atoms with van der Waals surface area (Å²) in [6.07, 6.45) is 8.52. The van der Waals surface area contributed by atoms with Crippen molar-refractivity contribution in [3.63, 3.8) is 0 Å². The second-order valence-electron chi connectivity index (χ2n) is 5.13. The van der Waals surface area contributed by atoms with Gasteiger partial charge >= 0.3 is 0 Å². The molecule has 1 saturated carbocycles. The van der Waals surface area contributed by atoms with Crippen LogP contribution in [0.15, 0.2) is 0 Å². The summed E-state index contributed by atoms with van der Waals surface area (Å²) in [6.45, 7) is 4.93. The molecule has 0 amide bonds. The summed E-state index contributed by atoms with van der Waals surface area (Å²) in [5, 5.41) is 3.57. The highest BCUT2D eigenvalue weighted by molar-refractivity contribution is 4.74. The lowest BCUT2D eigenvalue weighted by Crippen LogP contribution is -2.39. The minimum Gasteiger partial charge on any atom is -0.378 e. The van der Waals surface area contributed by atoms with Gasteiger partial charge in [-0.05, 0) is 32.6 Å². The zero-order valence-electron chi connectivity index (χ0n) is 10.4. The van der Waals surface area contributed by atoms with Gasteiger partial charge in [-0.25, -0.2) is 0 Å². The lowest BCUT2D eigenvalue weighted by Gasteiger charge is -2.28. The molecular formula is C13H25NO2. The molecule has 0 radical (unpaired) electrons. The van der Waals surface area contributed by atoms with Gasteiger partial charge in [0.05, 0.1) is 18.8 Å². The van der Waals surface area contributed by atoms with Gasteiger partial charge in [0.1, 0.15) is 0 Å². The van der Waals surface area contributed by atoms with E-state index in [1.54, 1.807) is 0 Å². The van der Waals surface area contributed by atoms with Crippen molar-refractivity contribution in [1.82, 2.24) is 5.32 Å². The predicted octanol–water partition coefficient (Wildman–Crippen LogP) is 2.10. The first kappa shape index (κ1) is 12.3. The minimum atomic E-state index is 0.419. The van der Waals surface area contributed by atoms with Crippen LogP contribution in [-0.4, -0.2) is 38.0 Å². The van der Waals surface area contributed by atoms with Gasteiger partial charge < -0.3 is 14.8 Å². The summed E-state index contributed by atoms with van der Waals surface area (Å²) in [5.74, 6) is 0. The Kier molecular flexibility index (Phi) is 5.07. The third kappa shape index (κ3) is 4.04. The topological polar surface area (TPSA) is 30.5 Å². The van der Waals surface area contributed by atoms with Crippen LogP contribution in [0.5, 0.6) is 0 Å². The van der Waals surface area contributed by atoms with E-state index in [-0.39, 0.29) is 0 Å². The SMILES string of the molecule is CC1CC(NCCOC2CCCC2)CCO1. The van der Waals surface area contributed by atoms with Gasteiger partial charge in [0, 0.05) is 19.2 Å². The van der Waals surface area contributed by atoms with E-state index >= 15 is 0 Å². The summed E-state index contributed by atoms with van der Waals surface area (Å²) >= 11 is 0. The number of ether oxygens (including phenoxy) is 2. The number of hydrogen-bond acceptors (Lipinski definition) is 3. The highest BCUT2D eigenvalue weighted by Crippen LogP contribution is 2.20. The maximum absolute atomic E-state index is 5.83. The number of hydrogen-bond donors (Lipinski definition) is 1. The molecule has 0 aromatic rings. The summed E-state index contributed by atoms with van der Waals surface area (Å²) in [4.78, 5) is 0. The second kappa shape index (κ2) is 6.58. The van der Waals surface area contributed by atoms with Crippen molar-refractivity contribution in [3.05, 3.63) is 0 Å². The zero-order chi connectivity index (χ0) is 11.2. The van der Waals surface area contributed by atoms with Crippen molar-refractivity contribution in [2.24, 2.45) is 0 Å².